The largest absolute Gasteiger partial charge is 0.225 e. The van der Waals surface area contributed by atoms with E-state index in [1.54, 1.807) is 20.8 Å². The van der Waals surface area contributed by atoms with Crippen molar-refractivity contribution < 1.29 is 4.39 Å². The lowest BCUT2D eigenvalue weighted by Crippen LogP contribution is -2.06. The lowest BCUT2D eigenvalue weighted by Gasteiger charge is -2.05. The highest BCUT2D eigenvalue weighted by Gasteiger charge is 2.80. The van der Waals surface area contributed by atoms with Gasteiger partial charge in [0.15, 0.2) is 5.13 Å². The molecule has 1 aliphatic rings. The Bertz CT molecular complexity index is 149. The molecule has 0 aromatic carbocycles. The highest BCUT2D eigenvalue weighted by molar-refractivity contribution is 6.28. The first-order chi connectivity index (χ1) is 4.31. The average molecular weight is 185 g/mol. The third-order valence-corrected chi connectivity index (χ3v) is 4.49. The van der Waals surface area contributed by atoms with Gasteiger partial charge >= 0.3 is 0 Å². The van der Waals surface area contributed by atoms with Crippen molar-refractivity contribution in [2.24, 2.45) is 10.8 Å². The standard InChI is InChI=1S/C7H11Cl2F/c1-5(2)6(3,4-8)7(5,9)10/h4H2,1-3H3. The molecule has 0 saturated heterocycles. The van der Waals surface area contributed by atoms with E-state index in [9.17, 15) is 4.39 Å². The predicted octanol–water partition coefficient (Wildman–Crippen LogP) is 3.18. The van der Waals surface area contributed by atoms with Crippen molar-refractivity contribution in [1.29, 1.82) is 0 Å². The molecule has 3 heteroatoms. The fraction of sp³-hybridized carbons (Fsp3) is 1.00. The molecule has 2 atom stereocenters. The predicted molar refractivity (Wildman–Crippen MR) is 42.3 cm³/mol. The third-order valence-electron chi connectivity index (χ3n) is 3.06. The molecule has 0 N–H and O–H groups in total. The molecule has 0 spiro atoms. The maximum atomic E-state index is 13.3. The van der Waals surface area contributed by atoms with Gasteiger partial charge in [0.25, 0.3) is 0 Å². The van der Waals surface area contributed by atoms with Gasteiger partial charge in [0.1, 0.15) is 0 Å². The van der Waals surface area contributed by atoms with Crippen molar-refractivity contribution in [3.05, 3.63) is 0 Å². The van der Waals surface area contributed by atoms with Gasteiger partial charge in [-0.05, 0) is 0 Å². The molecule has 0 aromatic rings. The molecule has 0 radical (unpaired) electrons. The quantitative estimate of drug-likeness (QED) is 0.550. The van der Waals surface area contributed by atoms with Gasteiger partial charge in [0, 0.05) is 16.7 Å². The Balaban J connectivity index is 2.90. The maximum Gasteiger partial charge on any atom is 0.196 e. The Kier molecular flexibility index (Phi) is 1.56. The molecule has 1 rings (SSSR count). The van der Waals surface area contributed by atoms with Crippen molar-refractivity contribution in [1.82, 2.24) is 0 Å². The average Bonchev–Trinajstić information content (AvgIpc) is 2.11. The van der Waals surface area contributed by atoms with E-state index in [2.05, 4.69) is 0 Å². The minimum absolute atomic E-state index is 0.278. The molecule has 1 aliphatic carbocycles. The van der Waals surface area contributed by atoms with Crippen LogP contribution in [0.25, 0.3) is 0 Å². The summed E-state index contributed by atoms with van der Waals surface area (Å²) < 4.78 is 13.3. The van der Waals surface area contributed by atoms with Crippen LogP contribution in [-0.4, -0.2) is 11.0 Å². The zero-order valence-corrected chi connectivity index (χ0v) is 7.85. The van der Waals surface area contributed by atoms with Crippen LogP contribution in [0.15, 0.2) is 0 Å². The highest BCUT2D eigenvalue weighted by Crippen LogP contribution is 2.76. The summed E-state index contributed by atoms with van der Waals surface area (Å²) in [5, 5.41) is -1.61. The van der Waals surface area contributed by atoms with E-state index in [1.807, 2.05) is 0 Å². The molecule has 0 heterocycles. The van der Waals surface area contributed by atoms with Gasteiger partial charge < -0.3 is 0 Å². The van der Waals surface area contributed by atoms with Gasteiger partial charge in [0.2, 0.25) is 0 Å². The molecular formula is C7H11Cl2F. The molecule has 0 aromatic heterocycles. The Hall–Kier alpha value is 0.510. The molecule has 1 saturated carbocycles. The van der Waals surface area contributed by atoms with Crippen LogP contribution in [0.5, 0.6) is 0 Å². The SMILES string of the molecule is CC1(C)C(F)(Cl)C1(C)CCl. The van der Waals surface area contributed by atoms with Crippen LogP contribution in [0.1, 0.15) is 20.8 Å². The molecule has 0 amide bonds. The first-order valence-corrected chi connectivity index (χ1v) is 4.16. The van der Waals surface area contributed by atoms with E-state index in [-0.39, 0.29) is 5.88 Å². The first-order valence-electron chi connectivity index (χ1n) is 3.25. The van der Waals surface area contributed by atoms with Crippen molar-refractivity contribution >= 4 is 23.2 Å². The van der Waals surface area contributed by atoms with Crippen LogP contribution in [0.2, 0.25) is 0 Å². The summed E-state index contributed by atoms with van der Waals surface area (Å²) in [6.07, 6.45) is 0. The number of alkyl halides is 3. The van der Waals surface area contributed by atoms with Crippen molar-refractivity contribution in [2.75, 3.05) is 5.88 Å². The summed E-state index contributed by atoms with van der Waals surface area (Å²) in [7, 11) is 0. The molecule has 60 valence electrons. The molecule has 0 bridgehead atoms. The van der Waals surface area contributed by atoms with Crippen LogP contribution in [0.3, 0.4) is 0 Å². The molecular weight excluding hydrogens is 174 g/mol. The second kappa shape index (κ2) is 1.81. The lowest BCUT2D eigenvalue weighted by atomic mass is 10.0. The van der Waals surface area contributed by atoms with Gasteiger partial charge in [-0.3, -0.25) is 0 Å². The molecule has 2 unspecified atom stereocenters. The molecule has 0 aliphatic heterocycles. The molecule has 1 fully saturated rings. The summed E-state index contributed by atoms with van der Waals surface area (Å²) in [6.45, 7) is 5.36. The van der Waals surface area contributed by atoms with Gasteiger partial charge in [-0.25, -0.2) is 4.39 Å². The lowest BCUT2D eigenvalue weighted by molar-refractivity contribution is 0.337. The minimum atomic E-state index is -1.61. The number of hydrogen-bond donors (Lipinski definition) is 0. The zero-order chi connectivity index (χ0) is 8.21. The summed E-state index contributed by atoms with van der Waals surface area (Å²) in [6, 6.07) is 0. The van der Waals surface area contributed by atoms with E-state index in [1.165, 1.54) is 0 Å². The van der Waals surface area contributed by atoms with Gasteiger partial charge in [0.05, 0.1) is 0 Å². The van der Waals surface area contributed by atoms with Crippen molar-refractivity contribution in [2.45, 2.75) is 25.9 Å². The zero-order valence-electron chi connectivity index (χ0n) is 6.34. The maximum absolute atomic E-state index is 13.3. The monoisotopic (exact) mass is 184 g/mol. The Morgan fingerprint density at radius 2 is 1.60 bits per heavy atom. The first kappa shape index (κ1) is 8.61. The Labute approximate surface area is 70.7 Å². The van der Waals surface area contributed by atoms with Crippen LogP contribution < -0.4 is 0 Å². The van der Waals surface area contributed by atoms with Crippen molar-refractivity contribution in [3.63, 3.8) is 0 Å². The van der Waals surface area contributed by atoms with E-state index in [0.717, 1.165) is 0 Å². The molecule has 0 nitrogen and oxygen atoms in total. The summed E-state index contributed by atoms with van der Waals surface area (Å²) in [5.74, 6) is 0.278. The molecule has 10 heavy (non-hydrogen) atoms. The second-order valence-electron chi connectivity index (χ2n) is 3.67. The second-order valence-corrected chi connectivity index (χ2v) is 4.45. The Morgan fingerprint density at radius 1 is 1.30 bits per heavy atom. The summed E-state index contributed by atoms with van der Waals surface area (Å²) in [4.78, 5) is 0. The van der Waals surface area contributed by atoms with Crippen LogP contribution in [-0.2, 0) is 0 Å². The number of halogens is 3. The van der Waals surface area contributed by atoms with Crippen LogP contribution in [0, 0.1) is 10.8 Å². The number of hydrogen-bond acceptors (Lipinski definition) is 0. The Morgan fingerprint density at radius 3 is 1.60 bits per heavy atom. The topological polar surface area (TPSA) is 0 Å². The normalized spacial score (nSPS) is 51.0. The van der Waals surface area contributed by atoms with Gasteiger partial charge in [-0.1, -0.05) is 32.4 Å². The fourth-order valence-electron chi connectivity index (χ4n) is 1.31. The summed E-state index contributed by atoms with van der Waals surface area (Å²) in [5.41, 5.74) is -1.04. The third kappa shape index (κ3) is 0.590. The highest BCUT2D eigenvalue weighted by atomic mass is 35.5. The van der Waals surface area contributed by atoms with Gasteiger partial charge in [-0.2, -0.15) is 0 Å². The smallest absolute Gasteiger partial charge is 0.196 e. The van der Waals surface area contributed by atoms with Crippen LogP contribution >= 0.6 is 23.2 Å². The van der Waals surface area contributed by atoms with Crippen LogP contribution in [0.4, 0.5) is 4.39 Å². The van der Waals surface area contributed by atoms with Gasteiger partial charge in [-0.15, -0.1) is 11.6 Å². The minimum Gasteiger partial charge on any atom is -0.225 e. The number of rotatable bonds is 1. The fourth-order valence-corrected chi connectivity index (χ4v) is 2.36. The van der Waals surface area contributed by atoms with E-state index >= 15 is 0 Å². The van der Waals surface area contributed by atoms with E-state index < -0.39 is 16.0 Å². The van der Waals surface area contributed by atoms with Crippen molar-refractivity contribution in [3.8, 4) is 0 Å². The van der Waals surface area contributed by atoms with E-state index in [4.69, 9.17) is 23.2 Å². The summed E-state index contributed by atoms with van der Waals surface area (Å²) >= 11 is 11.2. The van der Waals surface area contributed by atoms with E-state index in [0.29, 0.717) is 0 Å².